The lowest BCUT2D eigenvalue weighted by Gasteiger charge is -2.21. The number of nitrogens with one attached hydrogen (secondary N) is 3. The maximum atomic E-state index is 11.7. The maximum Gasteiger partial charge on any atom is 0.407 e. The molecule has 0 radical (unpaired) electrons. The number of carbonyl (C=O) groups is 1. The van der Waals surface area contributed by atoms with E-state index in [9.17, 15) is 4.79 Å². The predicted molar refractivity (Wildman–Crippen MR) is 136 cm³/mol. The first-order valence-corrected chi connectivity index (χ1v) is 10.3. The average Bonchev–Trinajstić information content (AvgIpc) is 3.14. The number of benzene rings is 1. The van der Waals surface area contributed by atoms with Crippen LogP contribution >= 0.6 is 24.0 Å². The molecule has 31 heavy (non-hydrogen) atoms. The molecule has 0 fully saturated rings. The second-order valence-electron chi connectivity index (χ2n) is 7.98. The average molecular weight is 542 g/mol. The first-order chi connectivity index (χ1) is 14.3. The Hall–Kier alpha value is -2.30. The third-order valence-electron chi connectivity index (χ3n) is 4.06. The highest BCUT2D eigenvalue weighted by Crippen LogP contribution is 2.16. The fourth-order valence-corrected chi connectivity index (χ4v) is 2.75. The molecular formula is C22H35IN6O2. The number of nitrogens with zero attached hydrogens (tertiary/aromatic N) is 3. The van der Waals surface area contributed by atoms with Crippen LogP contribution in [0.4, 0.5) is 4.79 Å². The summed E-state index contributed by atoms with van der Waals surface area (Å²) < 4.78 is 5.23. The molecule has 2 aromatic rings. The third-order valence-corrected chi connectivity index (χ3v) is 4.06. The quantitative estimate of drug-likeness (QED) is 0.203. The highest BCUT2D eigenvalue weighted by molar-refractivity contribution is 14.0. The Morgan fingerprint density at radius 2 is 1.94 bits per heavy atom. The summed E-state index contributed by atoms with van der Waals surface area (Å²) in [7, 11) is 1.98. The number of carbonyl (C=O) groups excluding carboxylic acids is 1. The van der Waals surface area contributed by atoms with Crippen molar-refractivity contribution in [3.05, 3.63) is 42.4 Å². The number of imidazole rings is 1. The first-order valence-electron chi connectivity index (χ1n) is 10.3. The van der Waals surface area contributed by atoms with Gasteiger partial charge in [-0.2, -0.15) is 0 Å². The van der Waals surface area contributed by atoms with Crippen molar-refractivity contribution in [3.63, 3.8) is 0 Å². The van der Waals surface area contributed by atoms with Gasteiger partial charge < -0.3 is 25.3 Å². The molecular weight excluding hydrogens is 507 g/mol. The van der Waals surface area contributed by atoms with Gasteiger partial charge in [-0.3, -0.25) is 4.99 Å². The van der Waals surface area contributed by atoms with E-state index in [2.05, 4.69) is 37.7 Å². The minimum absolute atomic E-state index is 0. The molecule has 0 aliphatic heterocycles. The smallest absolute Gasteiger partial charge is 0.407 e. The highest BCUT2D eigenvalue weighted by Gasteiger charge is 2.15. The molecule has 0 unspecified atom stereocenters. The van der Waals surface area contributed by atoms with Gasteiger partial charge in [-0.25, -0.2) is 9.78 Å². The summed E-state index contributed by atoms with van der Waals surface area (Å²) in [6.45, 7) is 10.1. The van der Waals surface area contributed by atoms with Crippen molar-refractivity contribution in [2.24, 2.45) is 4.99 Å². The van der Waals surface area contributed by atoms with Crippen LogP contribution in [0.3, 0.4) is 0 Å². The molecule has 0 aliphatic carbocycles. The molecule has 1 aromatic carbocycles. The summed E-state index contributed by atoms with van der Waals surface area (Å²) in [6.07, 6.45) is 2.17. The van der Waals surface area contributed by atoms with E-state index < -0.39 is 11.7 Å². The van der Waals surface area contributed by atoms with Crippen LogP contribution in [0.1, 0.15) is 39.9 Å². The molecule has 9 heteroatoms. The number of rotatable bonds is 8. The summed E-state index contributed by atoms with van der Waals surface area (Å²) in [5.74, 6) is 1.67. The molecule has 0 spiro atoms. The maximum absolute atomic E-state index is 11.7. The number of amides is 1. The summed E-state index contributed by atoms with van der Waals surface area (Å²) in [6, 6.07) is 10.1. The highest BCUT2D eigenvalue weighted by atomic mass is 127. The lowest BCUT2D eigenvalue weighted by atomic mass is 10.2. The molecule has 172 valence electrons. The Balaban J connectivity index is 0.00000480. The van der Waals surface area contributed by atoms with Crippen LogP contribution in [0.25, 0.3) is 11.3 Å². The lowest BCUT2D eigenvalue weighted by Crippen LogP contribution is -2.39. The van der Waals surface area contributed by atoms with Crippen molar-refractivity contribution in [1.82, 2.24) is 25.5 Å². The van der Waals surface area contributed by atoms with Crippen LogP contribution in [0.15, 0.2) is 41.5 Å². The van der Waals surface area contributed by atoms with Gasteiger partial charge in [0.25, 0.3) is 0 Å². The van der Waals surface area contributed by atoms with E-state index in [1.807, 2.05) is 64.0 Å². The van der Waals surface area contributed by atoms with Gasteiger partial charge in [0.15, 0.2) is 5.96 Å². The second-order valence-corrected chi connectivity index (χ2v) is 7.98. The van der Waals surface area contributed by atoms with E-state index in [0.717, 1.165) is 36.0 Å². The zero-order chi connectivity index (χ0) is 22.0. The van der Waals surface area contributed by atoms with Crippen molar-refractivity contribution in [2.75, 3.05) is 26.7 Å². The number of halogens is 1. The zero-order valence-corrected chi connectivity index (χ0v) is 21.4. The molecule has 1 heterocycles. The summed E-state index contributed by atoms with van der Waals surface area (Å²) in [5, 5.41) is 6.05. The van der Waals surface area contributed by atoms with Crippen molar-refractivity contribution in [1.29, 1.82) is 0 Å². The molecule has 1 aromatic heterocycles. The van der Waals surface area contributed by atoms with Crippen LogP contribution in [0, 0.1) is 0 Å². The molecule has 0 saturated carbocycles. The molecule has 8 nitrogen and oxygen atoms in total. The molecule has 0 aliphatic rings. The van der Waals surface area contributed by atoms with Gasteiger partial charge in [-0.1, -0.05) is 30.3 Å². The SMILES string of the molecule is CCNC(=NCCCNC(=O)OC(C)(C)C)N(C)Cc1ncc(-c2ccccc2)[nH]1.I. The van der Waals surface area contributed by atoms with E-state index in [0.29, 0.717) is 19.6 Å². The van der Waals surface area contributed by atoms with Gasteiger partial charge in [-0.15, -0.1) is 24.0 Å². The van der Waals surface area contributed by atoms with E-state index in [4.69, 9.17) is 4.74 Å². The Bertz CT molecular complexity index is 817. The van der Waals surface area contributed by atoms with Crippen molar-refractivity contribution in [3.8, 4) is 11.3 Å². The van der Waals surface area contributed by atoms with Gasteiger partial charge >= 0.3 is 6.09 Å². The van der Waals surface area contributed by atoms with Crippen molar-refractivity contribution >= 4 is 36.0 Å². The van der Waals surface area contributed by atoms with Crippen LogP contribution in [0.2, 0.25) is 0 Å². The van der Waals surface area contributed by atoms with E-state index in [-0.39, 0.29) is 24.0 Å². The molecule has 1 amide bonds. The Morgan fingerprint density at radius 1 is 1.23 bits per heavy atom. The molecule has 0 atom stereocenters. The molecule has 3 N–H and O–H groups in total. The Morgan fingerprint density at radius 3 is 2.58 bits per heavy atom. The molecule has 2 rings (SSSR count). The second kappa shape index (κ2) is 13.2. The minimum atomic E-state index is -0.491. The standard InChI is InChI=1S/C22H34N6O2.HI/c1-6-23-20(24-13-10-14-25-21(29)30-22(2,3)4)28(5)16-19-26-15-18(27-19)17-11-8-7-9-12-17;/h7-9,11-12,15H,6,10,13-14,16H2,1-5H3,(H,23,24)(H,25,29)(H,26,27);1H. The van der Waals surface area contributed by atoms with Gasteiger partial charge in [0.1, 0.15) is 11.4 Å². The van der Waals surface area contributed by atoms with E-state index >= 15 is 0 Å². The number of guanidine groups is 1. The number of ether oxygens (including phenoxy) is 1. The number of H-pyrrole nitrogens is 1. The van der Waals surface area contributed by atoms with E-state index in [1.165, 1.54) is 0 Å². The van der Waals surface area contributed by atoms with Gasteiger partial charge in [0.2, 0.25) is 0 Å². The molecule has 0 saturated heterocycles. The number of hydrogen-bond donors (Lipinski definition) is 3. The van der Waals surface area contributed by atoms with Crippen molar-refractivity contribution < 1.29 is 9.53 Å². The normalized spacial score (nSPS) is 11.5. The Labute approximate surface area is 202 Å². The monoisotopic (exact) mass is 542 g/mol. The Kier molecular flexibility index (Phi) is 11.4. The van der Waals surface area contributed by atoms with Gasteiger partial charge in [0.05, 0.1) is 18.4 Å². The predicted octanol–water partition coefficient (Wildman–Crippen LogP) is 4.01. The van der Waals surface area contributed by atoms with E-state index in [1.54, 1.807) is 0 Å². The van der Waals surface area contributed by atoms with Crippen LogP contribution in [-0.4, -0.2) is 59.2 Å². The van der Waals surface area contributed by atoms with Gasteiger partial charge in [0, 0.05) is 26.7 Å². The van der Waals surface area contributed by atoms with Crippen LogP contribution < -0.4 is 10.6 Å². The fraction of sp³-hybridized carbons (Fsp3) is 0.500. The summed E-state index contributed by atoms with van der Waals surface area (Å²) in [5.41, 5.74) is 1.61. The first kappa shape index (κ1) is 26.7. The van der Waals surface area contributed by atoms with Crippen LogP contribution in [0.5, 0.6) is 0 Å². The summed E-state index contributed by atoms with van der Waals surface area (Å²) in [4.78, 5) is 26.2. The largest absolute Gasteiger partial charge is 0.444 e. The lowest BCUT2D eigenvalue weighted by molar-refractivity contribution is 0.0527. The van der Waals surface area contributed by atoms with Crippen molar-refractivity contribution in [2.45, 2.75) is 46.3 Å². The minimum Gasteiger partial charge on any atom is -0.444 e. The zero-order valence-electron chi connectivity index (χ0n) is 19.1. The number of aromatic nitrogens is 2. The number of hydrogen-bond acceptors (Lipinski definition) is 4. The number of aromatic amines is 1. The number of alkyl carbamates (subject to hydrolysis) is 1. The number of aliphatic imine (C=N–C) groups is 1. The van der Waals surface area contributed by atoms with Gasteiger partial charge in [-0.05, 0) is 39.7 Å². The van der Waals surface area contributed by atoms with Crippen LogP contribution in [-0.2, 0) is 11.3 Å². The third kappa shape index (κ3) is 10.0. The molecule has 0 bridgehead atoms. The fourth-order valence-electron chi connectivity index (χ4n) is 2.75. The summed E-state index contributed by atoms with van der Waals surface area (Å²) >= 11 is 0. The topological polar surface area (TPSA) is 94.6 Å².